The Hall–Kier alpha value is -1.40. The van der Waals surface area contributed by atoms with E-state index in [9.17, 15) is 0 Å². The molecule has 0 saturated heterocycles. The van der Waals surface area contributed by atoms with Gasteiger partial charge in [-0.1, -0.05) is 11.6 Å². The lowest BCUT2D eigenvalue weighted by atomic mass is 10.3. The first kappa shape index (κ1) is 11.7. The molecule has 0 atom stereocenters. The fourth-order valence-corrected chi connectivity index (χ4v) is 1.38. The largest absolute Gasteiger partial charge is 0.370 e. The van der Waals surface area contributed by atoms with Gasteiger partial charge in [0.1, 0.15) is 0 Å². The van der Waals surface area contributed by atoms with Gasteiger partial charge in [0.2, 0.25) is 5.96 Å². The topological polar surface area (TPSA) is 103 Å². The fraction of sp³-hybridized carbons (Fsp3) is 0. The third-order valence-corrected chi connectivity index (χ3v) is 2.01. The van der Waals surface area contributed by atoms with Crippen molar-refractivity contribution in [2.45, 2.75) is 4.90 Å². The van der Waals surface area contributed by atoms with Crippen molar-refractivity contribution in [1.29, 1.82) is 0 Å². The molecule has 0 unspecified atom stereocenters. The SMILES string of the molecule is NC(N)=NC(N)=Nc1ccc(Cl)cc1S. The number of rotatable bonds is 1. The van der Waals surface area contributed by atoms with Crippen LogP contribution in [0.5, 0.6) is 0 Å². The third kappa shape index (κ3) is 3.69. The van der Waals surface area contributed by atoms with Gasteiger partial charge in [0.15, 0.2) is 5.96 Å². The van der Waals surface area contributed by atoms with Crippen LogP contribution in [0.15, 0.2) is 33.1 Å². The molecule has 0 radical (unpaired) electrons. The summed E-state index contributed by atoms with van der Waals surface area (Å²) in [5.74, 6) is -0.182. The molecular weight excluding hydrogens is 234 g/mol. The Balaban J connectivity index is 3.03. The monoisotopic (exact) mass is 243 g/mol. The summed E-state index contributed by atoms with van der Waals surface area (Å²) < 4.78 is 0. The van der Waals surface area contributed by atoms with Crippen molar-refractivity contribution >= 4 is 41.8 Å². The van der Waals surface area contributed by atoms with E-state index in [0.29, 0.717) is 15.6 Å². The van der Waals surface area contributed by atoms with Crippen LogP contribution in [0.4, 0.5) is 5.69 Å². The summed E-state index contributed by atoms with van der Waals surface area (Å²) in [5, 5.41) is 0.569. The lowest BCUT2D eigenvalue weighted by Gasteiger charge is -2.00. The van der Waals surface area contributed by atoms with Crippen LogP contribution < -0.4 is 17.2 Å². The van der Waals surface area contributed by atoms with Gasteiger partial charge in [0, 0.05) is 9.92 Å². The van der Waals surface area contributed by atoms with Gasteiger partial charge in [-0.05, 0) is 18.2 Å². The van der Waals surface area contributed by atoms with E-state index in [1.165, 1.54) is 0 Å². The van der Waals surface area contributed by atoms with E-state index in [0.717, 1.165) is 0 Å². The summed E-state index contributed by atoms with van der Waals surface area (Å²) in [6.07, 6.45) is 0. The van der Waals surface area contributed by atoms with Crippen LogP contribution in [0.1, 0.15) is 0 Å². The lowest BCUT2D eigenvalue weighted by Crippen LogP contribution is -2.26. The molecule has 0 aliphatic rings. The average Bonchev–Trinajstić information content (AvgIpc) is 2.08. The standard InChI is InChI=1S/C8H10ClN5S/c9-4-1-2-5(6(15)3-4)13-8(12)14-7(10)11/h1-3,15H,(H6,10,11,12,13,14). The Morgan fingerprint density at radius 2 is 1.93 bits per heavy atom. The number of nitrogens with two attached hydrogens (primary N) is 3. The molecule has 0 aliphatic carbocycles. The molecule has 80 valence electrons. The van der Waals surface area contributed by atoms with Crippen LogP contribution in [0, 0.1) is 0 Å². The van der Waals surface area contributed by atoms with Crippen molar-refractivity contribution in [1.82, 2.24) is 0 Å². The zero-order valence-electron chi connectivity index (χ0n) is 7.68. The molecule has 0 bridgehead atoms. The fourth-order valence-electron chi connectivity index (χ4n) is 0.872. The van der Waals surface area contributed by atoms with Crippen molar-refractivity contribution in [3.63, 3.8) is 0 Å². The van der Waals surface area contributed by atoms with Gasteiger partial charge in [-0.3, -0.25) is 0 Å². The van der Waals surface area contributed by atoms with Crippen molar-refractivity contribution in [3.8, 4) is 0 Å². The number of thiol groups is 1. The molecule has 5 nitrogen and oxygen atoms in total. The van der Waals surface area contributed by atoms with Gasteiger partial charge in [-0.2, -0.15) is 4.99 Å². The second-order valence-electron chi connectivity index (χ2n) is 2.64. The van der Waals surface area contributed by atoms with Crippen molar-refractivity contribution in [2.75, 3.05) is 0 Å². The second-order valence-corrected chi connectivity index (χ2v) is 3.56. The van der Waals surface area contributed by atoms with Crippen molar-refractivity contribution in [2.24, 2.45) is 27.2 Å². The van der Waals surface area contributed by atoms with Crippen LogP contribution in [0.25, 0.3) is 0 Å². The molecule has 1 aromatic carbocycles. The van der Waals surface area contributed by atoms with E-state index < -0.39 is 0 Å². The smallest absolute Gasteiger partial charge is 0.223 e. The minimum atomic E-state index is -0.147. The highest BCUT2D eigenvalue weighted by atomic mass is 35.5. The predicted molar refractivity (Wildman–Crippen MR) is 65.8 cm³/mol. The highest BCUT2D eigenvalue weighted by Gasteiger charge is 1.99. The molecule has 0 spiro atoms. The van der Waals surface area contributed by atoms with Gasteiger partial charge in [-0.25, -0.2) is 4.99 Å². The van der Waals surface area contributed by atoms with Gasteiger partial charge < -0.3 is 17.2 Å². The first-order valence-electron chi connectivity index (χ1n) is 3.91. The van der Waals surface area contributed by atoms with E-state index >= 15 is 0 Å². The molecule has 7 heteroatoms. The molecule has 0 aliphatic heterocycles. The minimum absolute atomic E-state index is 0.0346. The molecule has 6 N–H and O–H groups in total. The predicted octanol–water partition coefficient (Wildman–Crippen LogP) is 0.848. The van der Waals surface area contributed by atoms with Gasteiger partial charge >= 0.3 is 0 Å². The van der Waals surface area contributed by atoms with Gasteiger partial charge in [-0.15, -0.1) is 12.6 Å². The number of halogens is 1. The Morgan fingerprint density at radius 3 is 2.47 bits per heavy atom. The van der Waals surface area contributed by atoms with Crippen molar-refractivity contribution < 1.29 is 0 Å². The van der Waals surface area contributed by atoms with Crippen LogP contribution >= 0.6 is 24.2 Å². The Labute approximate surface area is 97.4 Å². The number of hydrogen-bond acceptors (Lipinski definition) is 2. The summed E-state index contributed by atoms with van der Waals surface area (Å²) in [6.45, 7) is 0. The third-order valence-electron chi connectivity index (χ3n) is 1.42. The zero-order chi connectivity index (χ0) is 11.4. The summed E-state index contributed by atoms with van der Waals surface area (Å²) in [7, 11) is 0. The zero-order valence-corrected chi connectivity index (χ0v) is 9.33. The molecule has 0 amide bonds. The molecule has 0 saturated carbocycles. The number of hydrogen-bond donors (Lipinski definition) is 4. The molecule has 0 fully saturated rings. The normalized spacial score (nSPS) is 11.2. The molecule has 1 aromatic rings. The molecule has 0 heterocycles. The molecule has 1 rings (SSSR count). The lowest BCUT2D eigenvalue weighted by molar-refractivity contribution is 1.33. The molecule has 15 heavy (non-hydrogen) atoms. The number of nitrogens with zero attached hydrogens (tertiary/aromatic N) is 2. The second kappa shape index (κ2) is 4.90. The Bertz CT molecular complexity index is 425. The number of guanidine groups is 2. The maximum Gasteiger partial charge on any atom is 0.223 e. The maximum absolute atomic E-state index is 5.74. The highest BCUT2D eigenvalue weighted by molar-refractivity contribution is 7.80. The van der Waals surface area contributed by atoms with Crippen LogP contribution in [0.3, 0.4) is 0 Å². The van der Waals surface area contributed by atoms with E-state index in [2.05, 4.69) is 22.6 Å². The maximum atomic E-state index is 5.74. The van der Waals surface area contributed by atoms with E-state index in [4.69, 9.17) is 28.8 Å². The summed E-state index contributed by atoms with van der Waals surface area (Å²) in [6, 6.07) is 4.98. The van der Waals surface area contributed by atoms with Crippen LogP contribution in [0.2, 0.25) is 5.02 Å². The Kier molecular flexibility index (Phi) is 3.81. The first-order valence-corrected chi connectivity index (χ1v) is 4.74. The summed E-state index contributed by atoms with van der Waals surface area (Å²) in [5.41, 5.74) is 16.3. The van der Waals surface area contributed by atoms with E-state index in [1.807, 2.05) is 0 Å². The van der Waals surface area contributed by atoms with E-state index in [1.54, 1.807) is 18.2 Å². The average molecular weight is 244 g/mol. The molecule has 0 aromatic heterocycles. The first-order chi connectivity index (χ1) is 6.99. The van der Waals surface area contributed by atoms with E-state index in [-0.39, 0.29) is 11.9 Å². The molecular formula is C8H10ClN5S. The van der Waals surface area contributed by atoms with Gasteiger partial charge in [0.05, 0.1) is 5.69 Å². The number of aliphatic imine (C=N–C) groups is 2. The van der Waals surface area contributed by atoms with Crippen LogP contribution in [-0.2, 0) is 0 Å². The van der Waals surface area contributed by atoms with Gasteiger partial charge in [0.25, 0.3) is 0 Å². The summed E-state index contributed by atoms with van der Waals surface area (Å²) >= 11 is 9.92. The van der Waals surface area contributed by atoms with Crippen molar-refractivity contribution in [3.05, 3.63) is 23.2 Å². The summed E-state index contributed by atoms with van der Waals surface area (Å²) in [4.78, 5) is 8.11. The highest BCUT2D eigenvalue weighted by Crippen LogP contribution is 2.26. The Morgan fingerprint density at radius 1 is 1.27 bits per heavy atom. The van der Waals surface area contributed by atoms with Crippen LogP contribution in [-0.4, -0.2) is 11.9 Å². The number of benzene rings is 1. The quantitative estimate of drug-likeness (QED) is 0.334. The minimum Gasteiger partial charge on any atom is -0.370 e.